The number of carbonyl (C=O) groups excluding carboxylic acids is 1. The van der Waals surface area contributed by atoms with E-state index in [0.29, 0.717) is 12.1 Å². The van der Waals surface area contributed by atoms with E-state index >= 15 is 0 Å². The van der Waals surface area contributed by atoms with Crippen LogP contribution in [0.15, 0.2) is 30.5 Å². The Bertz CT molecular complexity index is 592. The van der Waals surface area contributed by atoms with E-state index in [1.54, 1.807) is 6.07 Å². The van der Waals surface area contributed by atoms with Crippen molar-refractivity contribution in [2.24, 2.45) is 0 Å². The van der Waals surface area contributed by atoms with Crippen molar-refractivity contribution in [2.75, 3.05) is 6.54 Å². The highest BCUT2D eigenvalue weighted by molar-refractivity contribution is 5.87. The van der Waals surface area contributed by atoms with E-state index < -0.39 is 0 Å². The summed E-state index contributed by atoms with van der Waals surface area (Å²) in [4.78, 5) is 11.5. The average Bonchev–Trinajstić information content (AvgIpc) is 2.73. The van der Waals surface area contributed by atoms with Crippen LogP contribution < -0.4 is 5.32 Å². The first-order chi connectivity index (χ1) is 8.26. The molecule has 0 saturated heterocycles. The van der Waals surface area contributed by atoms with E-state index in [-0.39, 0.29) is 12.5 Å². The zero-order valence-corrected chi connectivity index (χ0v) is 9.60. The fourth-order valence-electron chi connectivity index (χ4n) is 1.87. The van der Waals surface area contributed by atoms with Gasteiger partial charge in [-0.25, -0.2) is 0 Å². The summed E-state index contributed by atoms with van der Waals surface area (Å²) in [6.07, 6.45) is 1.83. The average molecular weight is 227 g/mol. The Morgan fingerprint density at radius 3 is 3.00 bits per heavy atom. The lowest BCUT2D eigenvalue weighted by atomic mass is 10.1. The highest BCUT2D eigenvalue weighted by Crippen LogP contribution is 2.19. The summed E-state index contributed by atoms with van der Waals surface area (Å²) in [5, 5.41) is 12.6. The molecule has 0 radical (unpaired) electrons. The van der Waals surface area contributed by atoms with Crippen molar-refractivity contribution in [3.63, 3.8) is 0 Å². The topological polar surface area (TPSA) is 57.8 Å². The van der Waals surface area contributed by atoms with Gasteiger partial charge in [-0.15, -0.1) is 0 Å². The molecule has 0 aliphatic rings. The van der Waals surface area contributed by atoms with Crippen LogP contribution in [0.25, 0.3) is 10.9 Å². The lowest BCUT2D eigenvalue weighted by Gasteiger charge is -2.05. The minimum atomic E-state index is -0.0210. The quantitative estimate of drug-likeness (QED) is 0.866. The Labute approximate surface area is 99.5 Å². The largest absolute Gasteiger partial charge is 0.355 e. The first kappa shape index (κ1) is 11.2. The lowest BCUT2D eigenvalue weighted by molar-refractivity contribution is -0.121. The second kappa shape index (κ2) is 4.71. The number of hydrogen-bond donors (Lipinski definition) is 1. The number of benzene rings is 1. The molecule has 2 aromatic rings. The number of fused-ring (bicyclic) bond motifs is 1. The predicted molar refractivity (Wildman–Crippen MR) is 65.3 cm³/mol. The predicted octanol–water partition coefficient (Wildman–Crippen LogP) is 1.65. The van der Waals surface area contributed by atoms with Gasteiger partial charge in [0.15, 0.2) is 0 Å². The maximum Gasteiger partial charge on any atom is 0.239 e. The van der Waals surface area contributed by atoms with E-state index in [1.165, 1.54) is 0 Å². The van der Waals surface area contributed by atoms with Crippen LogP contribution >= 0.6 is 0 Å². The Morgan fingerprint density at radius 1 is 1.47 bits per heavy atom. The Kier molecular flexibility index (Phi) is 3.10. The Morgan fingerprint density at radius 2 is 2.29 bits per heavy atom. The second-order valence-electron chi connectivity index (χ2n) is 3.75. The van der Waals surface area contributed by atoms with Crippen molar-refractivity contribution in [3.8, 4) is 6.07 Å². The lowest BCUT2D eigenvalue weighted by Crippen LogP contribution is -2.26. The molecule has 1 N–H and O–H groups in total. The number of rotatable bonds is 3. The Hall–Kier alpha value is -2.28. The summed E-state index contributed by atoms with van der Waals surface area (Å²) < 4.78 is 1.85. The molecule has 0 bridgehead atoms. The summed E-state index contributed by atoms with van der Waals surface area (Å²) in [7, 11) is 0. The molecule has 0 aliphatic heterocycles. The summed E-state index contributed by atoms with van der Waals surface area (Å²) >= 11 is 0. The maximum absolute atomic E-state index is 11.5. The number of aromatic nitrogens is 1. The van der Waals surface area contributed by atoms with Crippen LogP contribution in [-0.2, 0) is 11.3 Å². The molecular weight excluding hydrogens is 214 g/mol. The van der Waals surface area contributed by atoms with Crippen LogP contribution in [0.4, 0.5) is 0 Å². The van der Waals surface area contributed by atoms with Gasteiger partial charge in [-0.05, 0) is 25.1 Å². The smallest absolute Gasteiger partial charge is 0.239 e. The van der Waals surface area contributed by atoms with Crippen LogP contribution in [-0.4, -0.2) is 17.0 Å². The number of amides is 1. The van der Waals surface area contributed by atoms with Crippen LogP contribution in [0.5, 0.6) is 0 Å². The van der Waals surface area contributed by atoms with Gasteiger partial charge in [0, 0.05) is 23.6 Å². The summed E-state index contributed by atoms with van der Waals surface area (Å²) in [6, 6.07) is 9.53. The molecule has 0 saturated carbocycles. The van der Waals surface area contributed by atoms with E-state index in [9.17, 15) is 4.79 Å². The standard InChI is InChI=1S/C13H13N3O/c1-2-15-13(17)9-16-7-6-11-10(8-14)4-3-5-12(11)16/h3-7H,2,9H2,1H3,(H,15,17). The summed E-state index contributed by atoms with van der Waals surface area (Å²) in [6.45, 7) is 2.80. The molecule has 0 fully saturated rings. The molecule has 17 heavy (non-hydrogen) atoms. The zero-order chi connectivity index (χ0) is 12.3. The molecule has 1 amide bonds. The molecule has 1 aromatic carbocycles. The highest BCUT2D eigenvalue weighted by atomic mass is 16.1. The van der Waals surface area contributed by atoms with Crippen LogP contribution in [0, 0.1) is 11.3 Å². The summed E-state index contributed by atoms with van der Waals surface area (Å²) in [5.74, 6) is -0.0210. The highest BCUT2D eigenvalue weighted by Gasteiger charge is 2.07. The SMILES string of the molecule is CCNC(=O)Cn1ccc2c(C#N)cccc21. The third kappa shape index (κ3) is 2.13. The van der Waals surface area contributed by atoms with Crippen LogP contribution in [0.1, 0.15) is 12.5 Å². The van der Waals surface area contributed by atoms with Gasteiger partial charge >= 0.3 is 0 Å². The van der Waals surface area contributed by atoms with Gasteiger partial charge in [0.25, 0.3) is 0 Å². The molecule has 1 heterocycles. The molecule has 4 nitrogen and oxygen atoms in total. The first-order valence-electron chi connectivity index (χ1n) is 5.51. The minimum Gasteiger partial charge on any atom is -0.355 e. The van der Waals surface area contributed by atoms with E-state index in [2.05, 4.69) is 11.4 Å². The van der Waals surface area contributed by atoms with Crippen molar-refractivity contribution in [2.45, 2.75) is 13.5 Å². The molecule has 0 spiro atoms. The molecule has 4 heteroatoms. The molecule has 86 valence electrons. The van der Waals surface area contributed by atoms with Crippen LogP contribution in [0.2, 0.25) is 0 Å². The van der Waals surface area contributed by atoms with Gasteiger partial charge in [0.2, 0.25) is 5.91 Å². The van der Waals surface area contributed by atoms with Gasteiger partial charge in [-0.2, -0.15) is 5.26 Å². The van der Waals surface area contributed by atoms with Gasteiger partial charge < -0.3 is 9.88 Å². The normalized spacial score (nSPS) is 10.1. The van der Waals surface area contributed by atoms with Crippen molar-refractivity contribution in [3.05, 3.63) is 36.0 Å². The summed E-state index contributed by atoms with van der Waals surface area (Å²) in [5.41, 5.74) is 1.55. The van der Waals surface area contributed by atoms with Crippen molar-refractivity contribution in [1.82, 2.24) is 9.88 Å². The third-order valence-corrected chi connectivity index (χ3v) is 2.62. The minimum absolute atomic E-state index is 0.0210. The van der Waals surface area contributed by atoms with Crippen LogP contribution in [0.3, 0.4) is 0 Å². The fourth-order valence-corrected chi connectivity index (χ4v) is 1.87. The van der Waals surface area contributed by atoms with Crippen molar-refractivity contribution < 1.29 is 4.79 Å². The van der Waals surface area contributed by atoms with Gasteiger partial charge in [-0.3, -0.25) is 4.79 Å². The third-order valence-electron chi connectivity index (χ3n) is 2.62. The number of hydrogen-bond acceptors (Lipinski definition) is 2. The number of nitrogens with zero attached hydrogens (tertiary/aromatic N) is 2. The zero-order valence-electron chi connectivity index (χ0n) is 9.60. The molecule has 0 unspecified atom stereocenters. The van der Waals surface area contributed by atoms with Crippen molar-refractivity contribution in [1.29, 1.82) is 5.26 Å². The maximum atomic E-state index is 11.5. The van der Waals surface area contributed by atoms with Gasteiger partial charge in [0.1, 0.15) is 6.54 Å². The van der Waals surface area contributed by atoms with Gasteiger partial charge in [0.05, 0.1) is 11.6 Å². The molecule has 0 atom stereocenters. The number of nitrogens with one attached hydrogen (secondary N) is 1. The molecule has 1 aromatic heterocycles. The fraction of sp³-hybridized carbons (Fsp3) is 0.231. The van der Waals surface area contributed by atoms with E-state index in [0.717, 1.165) is 10.9 Å². The molecule has 0 aliphatic carbocycles. The van der Waals surface area contributed by atoms with Gasteiger partial charge in [-0.1, -0.05) is 6.07 Å². The molecule has 2 rings (SSSR count). The number of carbonyl (C=O) groups is 1. The number of likely N-dealkylation sites (N-methyl/N-ethyl adjacent to an activating group) is 1. The first-order valence-corrected chi connectivity index (χ1v) is 5.51. The van der Waals surface area contributed by atoms with Crippen molar-refractivity contribution >= 4 is 16.8 Å². The van der Waals surface area contributed by atoms with E-state index in [4.69, 9.17) is 5.26 Å². The molecular formula is C13H13N3O. The number of nitriles is 1. The second-order valence-corrected chi connectivity index (χ2v) is 3.75. The van der Waals surface area contributed by atoms with E-state index in [1.807, 2.05) is 35.9 Å². The monoisotopic (exact) mass is 227 g/mol. The Balaban J connectivity index is 2.37.